The van der Waals surface area contributed by atoms with Crippen LogP contribution >= 0.6 is 0 Å². The molecule has 0 bridgehead atoms. The van der Waals surface area contributed by atoms with Crippen molar-refractivity contribution in [1.82, 2.24) is 5.01 Å². The van der Waals surface area contributed by atoms with E-state index in [4.69, 9.17) is 5.84 Å². The standard InChI is InChI=1S/C9H16N2/c1-8-4-3-5-9(6-8)7-11(2)10/h3,5-6,8H,4,7,10H2,1-2H3. The largest absolute Gasteiger partial charge is 0.269 e. The molecule has 1 aliphatic carbocycles. The summed E-state index contributed by atoms with van der Waals surface area (Å²) in [5, 5.41) is 1.70. The summed E-state index contributed by atoms with van der Waals surface area (Å²) >= 11 is 0. The van der Waals surface area contributed by atoms with Crippen LogP contribution in [0.5, 0.6) is 0 Å². The van der Waals surface area contributed by atoms with E-state index in [1.165, 1.54) is 5.57 Å². The van der Waals surface area contributed by atoms with Crippen molar-refractivity contribution in [3.63, 3.8) is 0 Å². The van der Waals surface area contributed by atoms with Gasteiger partial charge in [-0.25, -0.2) is 5.01 Å². The van der Waals surface area contributed by atoms with E-state index in [9.17, 15) is 0 Å². The summed E-state index contributed by atoms with van der Waals surface area (Å²) in [5.41, 5.74) is 1.33. The van der Waals surface area contributed by atoms with Crippen LogP contribution in [0.25, 0.3) is 0 Å². The smallest absolute Gasteiger partial charge is 0.0373 e. The second-order valence-electron chi connectivity index (χ2n) is 3.27. The van der Waals surface area contributed by atoms with Crippen LogP contribution in [0.3, 0.4) is 0 Å². The summed E-state index contributed by atoms with van der Waals surface area (Å²) in [5.74, 6) is 6.20. The maximum absolute atomic E-state index is 5.53. The van der Waals surface area contributed by atoms with Crippen molar-refractivity contribution in [2.24, 2.45) is 11.8 Å². The molecule has 11 heavy (non-hydrogen) atoms. The molecule has 2 N–H and O–H groups in total. The molecule has 2 heteroatoms. The lowest BCUT2D eigenvalue weighted by atomic mass is 9.98. The van der Waals surface area contributed by atoms with Crippen molar-refractivity contribution >= 4 is 0 Å². The van der Waals surface area contributed by atoms with Crippen molar-refractivity contribution in [3.8, 4) is 0 Å². The van der Waals surface area contributed by atoms with Crippen LogP contribution in [-0.4, -0.2) is 18.6 Å². The van der Waals surface area contributed by atoms with Crippen LogP contribution in [-0.2, 0) is 0 Å². The molecule has 0 fully saturated rings. The summed E-state index contributed by atoms with van der Waals surface area (Å²) in [6, 6.07) is 0. The molecule has 0 heterocycles. The van der Waals surface area contributed by atoms with Crippen LogP contribution in [0.2, 0.25) is 0 Å². The molecule has 0 aromatic heterocycles. The molecule has 2 nitrogen and oxygen atoms in total. The number of likely N-dealkylation sites (N-methyl/N-ethyl adjacent to an activating group) is 1. The zero-order valence-electron chi connectivity index (χ0n) is 7.25. The predicted octanol–water partition coefficient (Wildman–Crippen LogP) is 1.31. The van der Waals surface area contributed by atoms with Crippen LogP contribution < -0.4 is 5.84 Å². The van der Waals surface area contributed by atoms with Crippen LogP contribution in [0.15, 0.2) is 23.8 Å². The van der Waals surface area contributed by atoms with Gasteiger partial charge in [0.05, 0.1) is 0 Å². The van der Waals surface area contributed by atoms with Crippen molar-refractivity contribution in [3.05, 3.63) is 23.8 Å². The fraction of sp³-hybridized carbons (Fsp3) is 0.556. The van der Waals surface area contributed by atoms with Gasteiger partial charge in [-0.05, 0) is 17.9 Å². The van der Waals surface area contributed by atoms with Gasteiger partial charge in [0, 0.05) is 13.6 Å². The summed E-state index contributed by atoms with van der Waals surface area (Å²) < 4.78 is 0. The number of hydrogen-bond donors (Lipinski definition) is 1. The molecule has 0 aromatic carbocycles. The molecule has 1 atom stereocenters. The molecule has 0 amide bonds. The van der Waals surface area contributed by atoms with Gasteiger partial charge >= 0.3 is 0 Å². The molecule has 0 radical (unpaired) electrons. The minimum Gasteiger partial charge on any atom is -0.269 e. The second-order valence-corrected chi connectivity index (χ2v) is 3.27. The highest BCUT2D eigenvalue weighted by Crippen LogP contribution is 2.15. The zero-order chi connectivity index (χ0) is 8.27. The molecular weight excluding hydrogens is 136 g/mol. The first-order valence-corrected chi connectivity index (χ1v) is 4.01. The van der Waals surface area contributed by atoms with Gasteiger partial charge in [0.2, 0.25) is 0 Å². The third-order valence-corrected chi connectivity index (χ3v) is 1.77. The first-order valence-electron chi connectivity index (χ1n) is 4.01. The Labute approximate surface area is 68.3 Å². The Morgan fingerprint density at radius 1 is 1.73 bits per heavy atom. The Hall–Kier alpha value is -0.600. The van der Waals surface area contributed by atoms with Crippen molar-refractivity contribution in [2.45, 2.75) is 13.3 Å². The Morgan fingerprint density at radius 3 is 3.00 bits per heavy atom. The first-order chi connectivity index (χ1) is 5.18. The Bertz CT molecular complexity index is 180. The van der Waals surface area contributed by atoms with E-state index in [1.807, 2.05) is 7.05 Å². The fourth-order valence-corrected chi connectivity index (χ4v) is 1.32. The molecule has 1 rings (SSSR count). The minimum absolute atomic E-state index is 0.676. The molecule has 0 aliphatic heterocycles. The zero-order valence-corrected chi connectivity index (χ0v) is 7.25. The maximum Gasteiger partial charge on any atom is 0.0373 e. The number of nitrogens with two attached hydrogens (primary N) is 1. The number of nitrogens with zero attached hydrogens (tertiary/aromatic N) is 1. The third kappa shape index (κ3) is 2.87. The van der Waals surface area contributed by atoms with Crippen molar-refractivity contribution in [2.75, 3.05) is 13.6 Å². The highest BCUT2D eigenvalue weighted by atomic mass is 15.4. The lowest BCUT2D eigenvalue weighted by molar-refractivity contribution is 0.381. The Morgan fingerprint density at radius 2 is 2.45 bits per heavy atom. The number of hydrogen-bond acceptors (Lipinski definition) is 2. The maximum atomic E-state index is 5.53. The van der Waals surface area contributed by atoms with Gasteiger partial charge in [0.15, 0.2) is 0 Å². The lowest BCUT2D eigenvalue weighted by Gasteiger charge is -2.15. The summed E-state index contributed by atoms with van der Waals surface area (Å²) in [4.78, 5) is 0. The van der Waals surface area contributed by atoms with E-state index in [2.05, 4.69) is 25.2 Å². The van der Waals surface area contributed by atoms with E-state index < -0.39 is 0 Å². The molecular formula is C9H16N2. The van der Waals surface area contributed by atoms with E-state index in [0.29, 0.717) is 5.92 Å². The van der Waals surface area contributed by atoms with Gasteiger partial charge in [-0.2, -0.15) is 0 Å². The molecule has 1 aliphatic rings. The van der Waals surface area contributed by atoms with Gasteiger partial charge in [0.1, 0.15) is 0 Å². The van der Waals surface area contributed by atoms with Crippen molar-refractivity contribution < 1.29 is 0 Å². The normalized spacial score (nSPS) is 24.0. The monoisotopic (exact) mass is 152 g/mol. The third-order valence-electron chi connectivity index (χ3n) is 1.77. The van der Waals surface area contributed by atoms with Crippen LogP contribution in [0.1, 0.15) is 13.3 Å². The molecule has 0 saturated heterocycles. The van der Waals surface area contributed by atoms with Gasteiger partial charge in [0.25, 0.3) is 0 Å². The Balaban J connectivity index is 2.50. The van der Waals surface area contributed by atoms with Gasteiger partial charge < -0.3 is 0 Å². The van der Waals surface area contributed by atoms with Crippen molar-refractivity contribution in [1.29, 1.82) is 0 Å². The minimum atomic E-state index is 0.676. The van der Waals surface area contributed by atoms with E-state index in [1.54, 1.807) is 5.01 Å². The lowest BCUT2D eigenvalue weighted by Crippen LogP contribution is -2.28. The summed E-state index contributed by atoms with van der Waals surface area (Å²) in [6.07, 6.45) is 7.81. The first kappa shape index (κ1) is 8.50. The summed E-state index contributed by atoms with van der Waals surface area (Å²) in [6.45, 7) is 3.07. The van der Waals surface area contributed by atoms with E-state index in [0.717, 1.165) is 13.0 Å². The molecule has 62 valence electrons. The second kappa shape index (κ2) is 3.69. The molecule has 0 aromatic rings. The number of allylic oxidation sites excluding steroid dienone is 2. The Kier molecular flexibility index (Phi) is 2.85. The topological polar surface area (TPSA) is 29.3 Å². The van der Waals surface area contributed by atoms with Gasteiger partial charge in [-0.1, -0.05) is 25.2 Å². The SMILES string of the molecule is CC1C=C(CN(C)N)C=CC1. The van der Waals surface area contributed by atoms with E-state index >= 15 is 0 Å². The fourth-order valence-electron chi connectivity index (χ4n) is 1.32. The predicted molar refractivity (Wildman–Crippen MR) is 47.8 cm³/mol. The number of rotatable bonds is 2. The highest BCUT2D eigenvalue weighted by Gasteiger charge is 2.04. The highest BCUT2D eigenvalue weighted by molar-refractivity contribution is 5.24. The quantitative estimate of drug-likeness (QED) is 0.477. The average molecular weight is 152 g/mol. The van der Waals surface area contributed by atoms with E-state index in [-0.39, 0.29) is 0 Å². The van der Waals surface area contributed by atoms with Crippen LogP contribution in [0, 0.1) is 5.92 Å². The molecule has 1 unspecified atom stereocenters. The average Bonchev–Trinajstić information content (AvgIpc) is 1.85. The van der Waals surface area contributed by atoms with Gasteiger partial charge in [-0.3, -0.25) is 5.84 Å². The van der Waals surface area contributed by atoms with Crippen LogP contribution in [0.4, 0.5) is 0 Å². The van der Waals surface area contributed by atoms with Gasteiger partial charge in [-0.15, -0.1) is 0 Å². The molecule has 0 spiro atoms. The molecule has 0 saturated carbocycles. The summed E-state index contributed by atoms with van der Waals surface area (Å²) in [7, 11) is 1.88. The number of hydrazine groups is 1.